The molecule has 1 unspecified atom stereocenters. The van der Waals surface area contributed by atoms with E-state index in [1.807, 2.05) is 19.2 Å². The first-order valence-corrected chi connectivity index (χ1v) is 5.90. The van der Waals surface area contributed by atoms with Crippen molar-refractivity contribution >= 4 is 28.7 Å². The van der Waals surface area contributed by atoms with Gasteiger partial charge in [-0.05, 0) is 18.0 Å². The molecule has 0 radical (unpaired) electrons. The number of carbonyl (C=O) groups is 1. The van der Waals surface area contributed by atoms with Gasteiger partial charge in [0.1, 0.15) is 0 Å². The molecule has 1 atom stereocenters. The molecule has 1 heterocycles. The van der Waals surface area contributed by atoms with Gasteiger partial charge in [0.05, 0.1) is 9.90 Å². The summed E-state index contributed by atoms with van der Waals surface area (Å²) in [6.45, 7) is 5.54. The van der Waals surface area contributed by atoms with Crippen LogP contribution in [-0.4, -0.2) is 18.9 Å². The molecule has 0 aliphatic carbocycles. The molecule has 78 valence electrons. The van der Waals surface area contributed by atoms with Crippen molar-refractivity contribution in [1.82, 2.24) is 5.32 Å². The lowest BCUT2D eigenvalue weighted by Crippen LogP contribution is -2.26. The van der Waals surface area contributed by atoms with Gasteiger partial charge in [0.25, 0.3) is 0 Å². The Labute approximate surface area is 93.3 Å². The highest BCUT2D eigenvalue weighted by Crippen LogP contribution is 2.24. The Morgan fingerprint density at radius 3 is 2.93 bits per heavy atom. The summed E-state index contributed by atoms with van der Waals surface area (Å²) in [7, 11) is 0. The minimum atomic E-state index is -0.00824. The maximum atomic E-state index is 11.8. The average molecular weight is 232 g/mol. The minimum Gasteiger partial charge on any atom is -0.316 e. The number of halogens is 1. The second kappa shape index (κ2) is 5.49. The van der Waals surface area contributed by atoms with Crippen molar-refractivity contribution in [1.29, 1.82) is 0 Å². The van der Waals surface area contributed by atoms with E-state index < -0.39 is 0 Å². The van der Waals surface area contributed by atoms with Gasteiger partial charge in [-0.25, -0.2) is 0 Å². The van der Waals surface area contributed by atoms with E-state index in [-0.39, 0.29) is 11.7 Å². The van der Waals surface area contributed by atoms with E-state index in [4.69, 9.17) is 11.6 Å². The molecule has 2 nitrogen and oxygen atoms in total. The molecule has 1 aromatic rings. The Kier molecular flexibility index (Phi) is 4.58. The molecular weight excluding hydrogens is 218 g/mol. The normalized spacial score (nSPS) is 12.8. The first kappa shape index (κ1) is 11.7. The van der Waals surface area contributed by atoms with Crippen LogP contribution in [0.5, 0.6) is 0 Å². The summed E-state index contributed by atoms with van der Waals surface area (Å²) < 4.78 is 0. The van der Waals surface area contributed by atoms with Gasteiger partial charge in [0, 0.05) is 12.5 Å². The van der Waals surface area contributed by atoms with E-state index in [2.05, 4.69) is 5.32 Å². The molecule has 0 saturated carbocycles. The highest BCUT2D eigenvalue weighted by Gasteiger charge is 2.18. The maximum absolute atomic E-state index is 11.8. The molecule has 0 aliphatic rings. The molecule has 0 fully saturated rings. The van der Waals surface area contributed by atoms with Crippen LogP contribution in [0.1, 0.15) is 23.5 Å². The zero-order valence-corrected chi connectivity index (χ0v) is 9.91. The number of hydrogen-bond donors (Lipinski definition) is 1. The SMILES string of the molecule is CCNCC(C)C(=O)c1sccc1Cl. The predicted molar refractivity (Wildman–Crippen MR) is 61.4 cm³/mol. The molecule has 0 amide bonds. The monoisotopic (exact) mass is 231 g/mol. The van der Waals surface area contributed by atoms with E-state index in [1.165, 1.54) is 11.3 Å². The van der Waals surface area contributed by atoms with Crippen molar-refractivity contribution < 1.29 is 4.79 Å². The van der Waals surface area contributed by atoms with Crippen molar-refractivity contribution in [2.24, 2.45) is 5.92 Å². The van der Waals surface area contributed by atoms with E-state index in [1.54, 1.807) is 6.07 Å². The second-order valence-corrected chi connectivity index (χ2v) is 4.49. The summed E-state index contributed by atoms with van der Waals surface area (Å²) in [6.07, 6.45) is 0. The quantitative estimate of drug-likeness (QED) is 0.790. The standard InChI is InChI=1S/C10H14ClNOS/c1-3-12-6-7(2)9(13)10-8(11)4-5-14-10/h4-5,7,12H,3,6H2,1-2H3. The van der Waals surface area contributed by atoms with Gasteiger partial charge in [-0.15, -0.1) is 11.3 Å². The molecule has 14 heavy (non-hydrogen) atoms. The zero-order valence-electron chi connectivity index (χ0n) is 8.34. The van der Waals surface area contributed by atoms with Crippen molar-refractivity contribution in [2.45, 2.75) is 13.8 Å². The fourth-order valence-electron chi connectivity index (χ4n) is 1.15. The molecule has 1 N–H and O–H groups in total. The molecule has 0 aliphatic heterocycles. The number of carbonyl (C=O) groups excluding carboxylic acids is 1. The van der Waals surface area contributed by atoms with E-state index in [0.717, 1.165) is 6.54 Å². The number of ketones is 1. The molecule has 1 aromatic heterocycles. The smallest absolute Gasteiger partial charge is 0.178 e. The van der Waals surface area contributed by atoms with Gasteiger partial charge < -0.3 is 5.32 Å². The van der Waals surface area contributed by atoms with Crippen LogP contribution < -0.4 is 5.32 Å². The third kappa shape index (κ3) is 2.80. The first-order valence-electron chi connectivity index (χ1n) is 4.64. The van der Waals surface area contributed by atoms with Crippen molar-refractivity contribution in [3.8, 4) is 0 Å². The summed E-state index contributed by atoms with van der Waals surface area (Å²) in [5.41, 5.74) is 0. The summed E-state index contributed by atoms with van der Waals surface area (Å²) in [5, 5.41) is 5.57. The lowest BCUT2D eigenvalue weighted by molar-refractivity contribution is 0.0933. The maximum Gasteiger partial charge on any atom is 0.178 e. The van der Waals surface area contributed by atoms with Crippen LogP contribution in [0.3, 0.4) is 0 Å². The van der Waals surface area contributed by atoms with Crippen molar-refractivity contribution in [3.05, 3.63) is 21.3 Å². The number of nitrogens with one attached hydrogen (secondary N) is 1. The van der Waals surface area contributed by atoms with Crippen LogP contribution in [0.15, 0.2) is 11.4 Å². The van der Waals surface area contributed by atoms with Crippen LogP contribution in [0.4, 0.5) is 0 Å². The largest absolute Gasteiger partial charge is 0.316 e. The Morgan fingerprint density at radius 1 is 1.71 bits per heavy atom. The lowest BCUT2D eigenvalue weighted by Gasteiger charge is -2.09. The zero-order chi connectivity index (χ0) is 10.6. The van der Waals surface area contributed by atoms with E-state index >= 15 is 0 Å². The van der Waals surface area contributed by atoms with Crippen LogP contribution in [0, 0.1) is 5.92 Å². The van der Waals surface area contributed by atoms with Crippen LogP contribution in [-0.2, 0) is 0 Å². The fraction of sp³-hybridized carbons (Fsp3) is 0.500. The highest BCUT2D eigenvalue weighted by molar-refractivity contribution is 7.12. The average Bonchev–Trinajstić information content (AvgIpc) is 2.59. The van der Waals surface area contributed by atoms with Gasteiger partial charge in [-0.2, -0.15) is 0 Å². The number of rotatable bonds is 5. The van der Waals surface area contributed by atoms with Gasteiger partial charge in [-0.1, -0.05) is 25.4 Å². The Hall–Kier alpha value is -0.380. The van der Waals surface area contributed by atoms with Crippen LogP contribution >= 0.6 is 22.9 Å². The summed E-state index contributed by atoms with van der Waals surface area (Å²) in [6, 6.07) is 1.76. The van der Waals surface area contributed by atoms with Crippen LogP contribution in [0.2, 0.25) is 5.02 Å². The Bertz CT molecular complexity index is 311. The molecule has 4 heteroatoms. The molecule has 1 rings (SSSR count). The minimum absolute atomic E-state index is 0.00824. The Balaban J connectivity index is 2.61. The van der Waals surface area contributed by atoms with Crippen molar-refractivity contribution in [2.75, 3.05) is 13.1 Å². The van der Waals surface area contributed by atoms with Crippen molar-refractivity contribution in [3.63, 3.8) is 0 Å². The predicted octanol–water partition coefficient (Wildman–Crippen LogP) is 2.83. The fourth-order valence-corrected chi connectivity index (χ4v) is 2.35. The summed E-state index contributed by atoms with van der Waals surface area (Å²) in [5.74, 6) is 0.122. The molecule has 0 bridgehead atoms. The van der Waals surface area contributed by atoms with Crippen LogP contribution in [0.25, 0.3) is 0 Å². The van der Waals surface area contributed by atoms with Gasteiger partial charge in [0.2, 0.25) is 0 Å². The molecule has 0 spiro atoms. The number of Topliss-reactive ketones (excluding diaryl/α,β-unsaturated/α-hetero) is 1. The number of hydrogen-bond acceptors (Lipinski definition) is 3. The topological polar surface area (TPSA) is 29.1 Å². The van der Waals surface area contributed by atoms with E-state index in [0.29, 0.717) is 16.4 Å². The molecule has 0 aromatic carbocycles. The third-order valence-electron chi connectivity index (χ3n) is 1.99. The second-order valence-electron chi connectivity index (χ2n) is 3.17. The highest BCUT2D eigenvalue weighted by atomic mass is 35.5. The molecule has 0 saturated heterocycles. The van der Waals surface area contributed by atoms with Gasteiger partial charge in [-0.3, -0.25) is 4.79 Å². The van der Waals surface area contributed by atoms with E-state index in [9.17, 15) is 4.79 Å². The lowest BCUT2D eigenvalue weighted by atomic mass is 10.1. The van der Waals surface area contributed by atoms with Gasteiger partial charge >= 0.3 is 0 Å². The molecular formula is C10H14ClNOS. The Morgan fingerprint density at radius 2 is 2.43 bits per heavy atom. The third-order valence-corrected chi connectivity index (χ3v) is 3.35. The number of thiophene rings is 1. The first-order chi connectivity index (χ1) is 6.66. The summed E-state index contributed by atoms with van der Waals surface area (Å²) >= 11 is 7.29. The summed E-state index contributed by atoms with van der Waals surface area (Å²) in [4.78, 5) is 12.5. The van der Waals surface area contributed by atoms with Gasteiger partial charge in [0.15, 0.2) is 5.78 Å².